The zero-order valence-corrected chi connectivity index (χ0v) is 24.1. The number of thioether (sulfide) groups is 1. The number of nitrogens with zero attached hydrogens (tertiary/aromatic N) is 3. The first-order valence-electron chi connectivity index (χ1n) is 9.75. The van der Waals surface area contributed by atoms with Gasteiger partial charge >= 0.3 is 59.1 Å². The molecule has 0 saturated carbocycles. The molecular formula is C19H21N3Na2O6S2. The third kappa shape index (κ3) is 4.96. The standard InChI is InChI=1S/C19H23N3O6S2.2Na/c1-8-13-12(9(2)23)16(24)22(13)14(18(27)28)15(8)30-10-3-5-21(6-4-10)19-20-11(7-29-19)17(25)26;;/h7-10,12-13,23H,3-6H2,1-2H3,(H,25,26)(H,27,28);;/q;2*+1/p-2/t8-,9-,12-,13-;;/m1../s1. The van der Waals surface area contributed by atoms with Crippen LogP contribution in [0.5, 0.6) is 0 Å². The van der Waals surface area contributed by atoms with Gasteiger partial charge in [0.1, 0.15) is 0 Å². The van der Waals surface area contributed by atoms with Gasteiger partial charge in [0.05, 0.1) is 41.4 Å². The molecule has 1 aromatic heterocycles. The molecule has 1 amide bonds. The van der Waals surface area contributed by atoms with Crippen molar-refractivity contribution in [1.29, 1.82) is 0 Å². The first kappa shape index (κ1) is 28.1. The second kappa shape index (κ2) is 11.1. The molecule has 9 nitrogen and oxygen atoms in total. The van der Waals surface area contributed by atoms with Crippen molar-refractivity contribution >= 4 is 46.1 Å². The average molecular weight is 498 g/mol. The zero-order valence-electron chi connectivity index (χ0n) is 18.4. The van der Waals surface area contributed by atoms with E-state index in [0.717, 1.165) is 12.8 Å². The summed E-state index contributed by atoms with van der Waals surface area (Å²) in [6, 6.07) is -0.341. The molecule has 0 radical (unpaired) electrons. The number of carboxylic acids is 2. The normalized spacial score (nSPS) is 26.1. The zero-order chi connectivity index (χ0) is 21.7. The molecule has 0 spiro atoms. The number of hydrogen-bond donors (Lipinski definition) is 1. The number of aromatic nitrogens is 1. The number of aliphatic hydroxyl groups is 1. The number of carbonyl (C=O) groups excluding carboxylic acids is 3. The second-order valence-corrected chi connectivity index (χ2v) is 10.0. The Labute approximate surface area is 238 Å². The minimum atomic E-state index is -1.36. The van der Waals surface area contributed by atoms with Crippen molar-refractivity contribution in [2.24, 2.45) is 11.8 Å². The third-order valence-corrected chi connectivity index (χ3v) is 8.53. The van der Waals surface area contributed by atoms with Crippen molar-refractivity contribution in [3.05, 3.63) is 21.7 Å². The first-order chi connectivity index (χ1) is 14.2. The summed E-state index contributed by atoms with van der Waals surface area (Å²) in [5, 5.41) is 34.9. The van der Waals surface area contributed by atoms with E-state index >= 15 is 0 Å². The fraction of sp³-hybridized carbons (Fsp3) is 0.579. The van der Waals surface area contributed by atoms with Crippen LogP contribution in [0.25, 0.3) is 0 Å². The van der Waals surface area contributed by atoms with Crippen LogP contribution in [0.3, 0.4) is 0 Å². The molecule has 4 heterocycles. The van der Waals surface area contributed by atoms with Crippen LogP contribution in [0.2, 0.25) is 0 Å². The van der Waals surface area contributed by atoms with Gasteiger partial charge in [-0.3, -0.25) is 4.79 Å². The van der Waals surface area contributed by atoms with Gasteiger partial charge in [0.25, 0.3) is 0 Å². The Kier molecular flexibility index (Phi) is 9.75. The number of thiazole rings is 1. The Balaban J connectivity index is 0.00000181. The summed E-state index contributed by atoms with van der Waals surface area (Å²) < 4.78 is 0. The van der Waals surface area contributed by atoms with E-state index in [2.05, 4.69) is 4.98 Å². The van der Waals surface area contributed by atoms with Gasteiger partial charge in [-0.05, 0) is 19.8 Å². The molecule has 32 heavy (non-hydrogen) atoms. The van der Waals surface area contributed by atoms with Gasteiger partial charge < -0.3 is 34.7 Å². The van der Waals surface area contributed by atoms with Crippen molar-refractivity contribution in [3.8, 4) is 0 Å². The van der Waals surface area contributed by atoms with Gasteiger partial charge in [0.2, 0.25) is 5.91 Å². The largest absolute Gasteiger partial charge is 1.00 e. The Bertz CT molecular complexity index is 932. The van der Waals surface area contributed by atoms with Gasteiger partial charge in [0.15, 0.2) is 5.13 Å². The van der Waals surface area contributed by atoms with Crippen LogP contribution in [-0.4, -0.2) is 63.3 Å². The Morgan fingerprint density at radius 1 is 1.25 bits per heavy atom. The second-order valence-electron chi connectivity index (χ2n) is 7.86. The number of hydrogen-bond acceptors (Lipinski definition) is 10. The quantitative estimate of drug-likeness (QED) is 0.300. The van der Waals surface area contributed by atoms with Crippen molar-refractivity contribution in [3.63, 3.8) is 0 Å². The summed E-state index contributed by atoms with van der Waals surface area (Å²) in [6.45, 7) is 4.78. The van der Waals surface area contributed by atoms with Crippen LogP contribution in [0.15, 0.2) is 16.0 Å². The first-order valence-corrected chi connectivity index (χ1v) is 11.5. The van der Waals surface area contributed by atoms with Gasteiger partial charge in [-0.25, -0.2) is 4.98 Å². The molecule has 13 heteroatoms. The number of amides is 1. The monoisotopic (exact) mass is 497 g/mol. The van der Waals surface area contributed by atoms with E-state index in [4.69, 9.17) is 0 Å². The van der Waals surface area contributed by atoms with E-state index in [9.17, 15) is 29.7 Å². The topological polar surface area (TPSA) is 137 Å². The number of piperidine rings is 1. The maximum absolute atomic E-state index is 12.4. The molecule has 0 aromatic carbocycles. The minimum absolute atomic E-state index is 0. The third-order valence-electron chi connectivity index (χ3n) is 6.01. The molecule has 0 unspecified atom stereocenters. The summed E-state index contributed by atoms with van der Waals surface area (Å²) in [7, 11) is 0. The molecule has 2 fully saturated rings. The molecular weight excluding hydrogens is 476 g/mol. The summed E-state index contributed by atoms with van der Waals surface area (Å²) in [5.41, 5.74) is -0.128. The molecule has 1 aromatic rings. The van der Waals surface area contributed by atoms with E-state index in [1.807, 2.05) is 11.8 Å². The number of aromatic carboxylic acids is 1. The summed E-state index contributed by atoms with van der Waals surface area (Å²) >= 11 is 2.74. The number of rotatable bonds is 6. The molecule has 4 atom stereocenters. The molecule has 2 saturated heterocycles. The van der Waals surface area contributed by atoms with E-state index in [1.54, 1.807) is 6.92 Å². The predicted molar refractivity (Wildman–Crippen MR) is 106 cm³/mol. The summed E-state index contributed by atoms with van der Waals surface area (Å²) in [5.74, 6) is -3.78. The smallest absolute Gasteiger partial charge is 0.543 e. The average Bonchev–Trinajstić information content (AvgIpc) is 3.26. The summed E-state index contributed by atoms with van der Waals surface area (Å²) in [4.78, 5) is 43.1. The van der Waals surface area contributed by atoms with Crippen molar-refractivity contribution in [2.45, 2.75) is 44.1 Å². The molecule has 1 N–H and O–H groups in total. The van der Waals surface area contributed by atoms with Gasteiger partial charge in [-0.2, -0.15) is 0 Å². The van der Waals surface area contributed by atoms with E-state index in [0.29, 0.717) is 23.1 Å². The van der Waals surface area contributed by atoms with Crippen molar-refractivity contribution in [1.82, 2.24) is 9.88 Å². The van der Waals surface area contributed by atoms with Crippen LogP contribution in [-0.2, 0) is 9.59 Å². The van der Waals surface area contributed by atoms with Crippen LogP contribution in [0.4, 0.5) is 5.13 Å². The number of β-lactam (4-membered cyclic amide) rings is 1. The van der Waals surface area contributed by atoms with Gasteiger partial charge in [0, 0.05) is 34.5 Å². The number of aliphatic carboxylic acids is 1. The molecule has 162 valence electrons. The maximum atomic E-state index is 12.4. The SMILES string of the molecule is C[C@@H](O)[C@H]1C(=O)N2C(C(=O)[O-])=C(SC3CCN(c4nc(C(=O)[O-])cs4)CC3)[C@H](C)[C@H]12.[Na+].[Na+]. The number of anilines is 1. The van der Waals surface area contributed by atoms with E-state index in [1.165, 1.54) is 33.4 Å². The van der Waals surface area contributed by atoms with Crippen LogP contribution in [0.1, 0.15) is 37.2 Å². The van der Waals surface area contributed by atoms with Crippen LogP contribution in [0, 0.1) is 11.8 Å². The number of carboxylic acid groups (broad SMARTS) is 2. The Hall–Kier alpha value is -0.110. The molecule has 0 bridgehead atoms. The van der Waals surface area contributed by atoms with Crippen LogP contribution < -0.4 is 74.2 Å². The van der Waals surface area contributed by atoms with Gasteiger partial charge in [-0.1, -0.05) is 6.92 Å². The van der Waals surface area contributed by atoms with Crippen molar-refractivity contribution < 1.29 is 88.8 Å². The summed E-state index contributed by atoms with van der Waals surface area (Å²) in [6.07, 6.45) is 0.695. The number of carbonyl (C=O) groups is 3. The van der Waals surface area contributed by atoms with Gasteiger partial charge in [-0.15, -0.1) is 23.1 Å². The minimum Gasteiger partial charge on any atom is -0.543 e. The fourth-order valence-electron chi connectivity index (χ4n) is 4.52. The van der Waals surface area contributed by atoms with E-state index < -0.39 is 24.0 Å². The van der Waals surface area contributed by atoms with Crippen molar-refractivity contribution in [2.75, 3.05) is 18.0 Å². The van der Waals surface area contributed by atoms with Crippen LogP contribution >= 0.6 is 23.1 Å². The number of fused-ring (bicyclic) bond motifs is 1. The maximum Gasteiger partial charge on any atom is 1.00 e. The van der Waals surface area contributed by atoms with E-state index in [-0.39, 0.29) is 93.6 Å². The molecule has 0 aliphatic carbocycles. The predicted octanol–water partition coefficient (Wildman–Crippen LogP) is -6.96. The Morgan fingerprint density at radius 3 is 2.38 bits per heavy atom. The fourth-order valence-corrected chi connectivity index (χ4v) is 6.82. The Morgan fingerprint density at radius 2 is 1.88 bits per heavy atom. The molecule has 4 rings (SSSR count). The molecule has 3 aliphatic rings. The number of aliphatic hydroxyl groups excluding tert-OH is 1. The molecule has 3 aliphatic heterocycles.